The molecule has 0 atom stereocenters. The minimum absolute atomic E-state index is 0.288. The van der Waals surface area contributed by atoms with Crippen molar-refractivity contribution in [3.05, 3.63) is 78.9 Å². The summed E-state index contributed by atoms with van der Waals surface area (Å²) < 4.78 is 12.1. The van der Waals surface area contributed by atoms with Crippen molar-refractivity contribution in [3.8, 4) is 11.5 Å². The predicted octanol–water partition coefficient (Wildman–Crippen LogP) is 5.97. The second-order valence-corrected chi connectivity index (χ2v) is 8.90. The summed E-state index contributed by atoms with van der Waals surface area (Å²) in [6.07, 6.45) is 0. The molecule has 0 heterocycles. The summed E-state index contributed by atoms with van der Waals surface area (Å²) in [6.45, 7) is 6.21. The van der Waals surface area contributed by atoms with E-state index in [9.17, 15) is 0 Å². The highest BCUT2D eigenvalue weighted by Gasteiger charge is 2.36. The molecule has 0 aliphatic rings. The average molecular weight is 366 g/mol. The van der Waals surface area contributed by atoms with Crippen molar-refractivity contribution >= 4 is 10.9 Å². The van der Waals surface area contributed by atoms with Crippen LogP contribution in [-0.2, 0) is 10.9 Å². The van der Waals surface area contributed by atoms with Crippen LogP contribution in [0.2, 0.25) is 0 Å². The summed E-state index contributed by atoms with van der Waals surface area (Å²) >= 11 is 0. The lowest BCUT2D eigenvalue weighted by atomic mass is 10.2. The van der Waals surface area contributed by atoms with E-state index in [4.69, 9.17) is 9.47 Å². The van der Waals surface area contributed by atoms with Crippen LogP contribution in [0.5, 0.6) is 11.5 Å². The SMILES string of the molecule is COc1cccc(OC(C)(C)C)c1[S+](c1ccccc1)c1ccccc1. The summed E-state index contributed by atoms with van der Waals surface area (Å²) in [6, 6.07) is 27.1. The summed E-state index contributed by atoms with van der Waals surface area (Å²) in [5.41, 5.74) is -0.288. The van der Waals surface area contributed by atoms with Crippen LogP contribution < -0.4 is 9.47 Å². The molecule has 0 amide bonds. The van der Waals surface area contributed by atoms with Gasteiger partial charge in [-0.3, -0.25) is 0 Å². The molecular weight excluding hydrogens is 340 g/mol. The van der Waals surface area contributed by atoms with Crippen LogP contribution in [-0.4, -0.2) is 12.7 Å². The number of hydrogen-bond acceptors (Lipinski definition) is 2. The van der Waals surface area contributed by atoms with Crippen molar-refractivity contribution in [3.63, 3.8) is 0 Å². The van der Waals surface area contributed by atoms with Gasteiger partial charge in [0, 0.05) is 0 Å². The molecule has 0 aromatic heterocycles. The predicted molar refractivity (Wildman–Crippen MR) is 108 cm³/mol. The fourth-order valence-corrected chi connectivity index (χ4v) is 5.02. The Balaban J connectivity index is 2.24. The van der Waals surface area contributed by atoms with Crippen molar-refractivity contribution < 1.29 is 9.47 Å². The van der Waals surface area contributed by atoms with Gasteiger partial charge >= 0.3 is 0 Å². The van der Waals surface area contributed by atoms with Gasteiger partial charge in [0.15, 0.2) is 21.3 Å². The van der Waals surface area contributed by atoms with Gasteiger partial charge < -0.3 is 9.47 Å². The van der Waals surface area contributed by atoms with Crippen LogP contribution in [0.25, 0.3) is 0 Å². The molecule has 0 N–H and O–H groups in total. The molecule has 0 unspecified atom stereocenters. The largest absolute Gasteiger partial charge is 0.491 e. The quantitative estimate of drug-likeness (QED) is 0.519. The lowest BCUT2D eigenvalue weighted by Gasteiger charge is -2.23. The Hall–Kier alpha value is -2.39. The molecule has 0 radical (unpaired) electrons. The molecule has 0 bridgehead atoms. The van der Waals surface area contributed by atoms with E-state index in [1.807, 2.05) is 30.3 Å². The molecule has 0 saturated heterocycles. The molecular formula is C23H25O2S+. The molecule has 0 saturated carbocycles. The Morgan fingerprint density at radius 3 is 1.62 bits per heavy atom. The van der Waals surface area contributed by atoms with Gasteiger partial charge in [0.25, 0.3) is 0 Å². The summed E-state index contributed by atoms with van der Waals surface area (Å²) in [5, 5.41) is 0. The molecule has 2 nitrogen and oxygen atoms in total. The molecule has 134 valence electrons. The van der Waals surface area contributed by atoms with Crippen molar-refractivity contribution in [1.82, 2.24) is 0 Å². The molecule has 3 heteroatoms. The van der Waals surface area contributed by atoms with E-state index >= 15 is 0 Å². The van der Waals surface area contributed by atoms with E-state index in [2.05, 4.69) is 69.3 Å². The first-order valence-electron chi connectivity index (χ1n) is 8.70. The summed E-state index contributed by atoms with van der Waals surface area (Å²) in [4.78, 5) is 3.56. The first-order valence-corrected chi connectivity index (χ1v) is 9.92. The second-order valence-electron chi connectivity index (χ2n) is 6.93. The molecule has 26 heavy (non-hydrogen) atoms. The highest BCUT2D eigenvalue weighted by molar-refractivity contribution is 7.97. The van der Waals surface area contributed by atoms with Crippen molar-refractivity contribution in [2.24, 2.45) is 0 Å². The first-order chi connectivity index (χ1) is 12.5. The van der Waals surface area contributed by atoms with Crippen molar-refractivity contribution in [2.75, 3.05) is 7.11 Å². The fraction of sp³-hybridized carbons (Fsp3) is 0.217. The second kappa shape index (κ2) is 7.88. The highest BCUT2D eigenvalue weighted by atomic mass is 32.2. The third-order valence-electron chi connectivity index (χ3n) is 3.74. The van der Waals surface area contributed by atoms with Gasteiger partial charge in [-0.25, -0.2) is 0 Å². The smallest absolute Gasteiger partial charge is 0.249 e. The zero-order chi connectivity index (χ0) is 18.6. The van der Waals surface area contributed by atoms with Crippen LogP contribution in [0.4, 0.5) is 0 Å². The monoisotopic (exact) mass is 365 g/mol. The van der Waals surface area contributed by atoms with Gasteiger partial charge in [0.1, 0.15) is 16.5 Å². The normalized spacial score (nSPS) is 11.4. The van der Waals surface area contributed by atoms with E-state index in [1.54, 1.807) is 7.11 Å². The zero-order valence-electron chi connectivity index (χ0n) is 15.7. The number of methoxy groups -OCH3 is 1. The average Bonchev–Trinajstić information content (AvgIpc) is 2.63. The molecule has 3 rings (SSSR count). The van der Waals surface area contributed by atoms with Gasteiger partial charge in [-0.15, -0.1) is 0 Å². The third kappa shape index (κ3) is 4.23. The van der Waals surface area contributed by atoms with E-state index in [1.165, 1.54) is 9.79 Å². The maximum absolute atomic E-state index is 6.33. The Labute approximate surface area is 159 Å². The highest BCUT2D eigenvalue weighted by Crippen LogP contribution is 2.43. The van der Waals surface area contributed by atoms with Gasteiger partial charge in [0.2, 0.25) is 4.90 Å². The van der Waals surface area contributed by atoms with Crippen LogP contribution in [0, 0.1) is 0 Å². The van der Waals surface area contributed by atoms with Crippen molar-refractivity contribution in [2.45, 2.75) is 41.1 Å². The Morgan fingerprint density at radius 1 is 0.654 bits per heavy atom. The number of rotatable bonds is 5. The summed E-state index contributed by atoms with van der Waals surface area (Å²) in [7, 11) is 1.40. The maximum atomic E-state index is 6.33. The minimum atomic E-state index is -0.322. The Morgan fingerprint density at radius 2 is 1.15 bits per heavy atom. The zero-order valence-corrected chi connectivity index (χ0v) is 16.5. The van der Waals surface area contributed by atoms with Crippen LogP contribution >= 0.6 is 0 Å². The van der Waals surface area contributed by atoms with Crippen LogP contribution in [0.1, 0.15) is 20.8 Å². The van der Waals surface area contributed by atoms with E-state index in [0.29, 0.717) is 0 Å². The number of ether oxygens (including phenoxy) is 2. The van der Waals surface area contributed by atoms with Crippen LogP contribution in [0.3, 0.4) is 0 Å². The van der Waals surface area contributed by atoms with Gasteiger partial charge in [-0.2, -0.15) is 0 Å². The molecule has 3 aromatic rings. The number of hydrogen-bond donors (Lipinski definition) is 0. The Kier molecular flexibility index (Phi) is 5.58. The maximum Gasteiger partial charge on any atom is 0.249 e. The molecule has 0 fully saturated rings. The van der Waals surface area contributed by atoms with Gasteiger partial charge in [0.05, 0.1) is 7.11 Å². The Bertz CT molecular complexity index is 800. The third-order valence-corrected chi connectivity index (χ3v) is 6.04. The van der Waals surface area contributed by atoms with E-state index < -0.39 is 0 Å². The van der Waals surface area contributed by atoms with E-state index in [0.717, 1.165) is 16.4 Å². The van der Waals surface area contributed by atoms with E-state index in [-0.39, 0.29) is 16.5 Å². The molecule has 0 aliphatic heterocycles. The molecule has 3 aromatic carbocycles. The summed E-state index contributed by atoms with van der Waals surface area (Å²) in [5.74, 6) is 1.72. The number of benzene rings is 3. The van der Waals surface area contributed by atoms with Crippen LogP contribution in [0.15, 0.2) is 93.5 Å². The van der Waals surface area contributed by atoms with Gasteiger partial charge in [-0.05, 0) is 57.2 Å². The fourth-order valence-electron chi connectivity index (χ4n) is 2.75. The first kappa shape index (κ1) is 18.4. The molecule has 0 spiro atoms. The minimum Gasteiger partial charge on any atom is -0.491 e. The standard InChI is InChI=1S/C23H25O2S/c1-23(2,3)25-21-17-11-16-20(24-4)22(21)26(18-12-7-5-8-13-18)19-14-9-6-10-15-19/h5-17H,1-4H3/q+1. The lowest BCUT2D eigenvalue weighted by molar-refractivity contribution is 0.126. The molecule has 0 aliphatic carbocycles. The van der Waals surface area contributed by atoms with Gasteiger partial charge in [-0.1, -0.05) is 42.5 Å². The van der Waals surface area contributed by atoms with Crippen molar-refractivity contribution in [1.29, 1.82) is 0 Å². The topological polar surface area (TPSA) is 18.5 Å². The lowest BCUT2D eigenvalue weighted by Crippen LogP contribution is -2.24.